The molecule has 0 atom stereocenters. The number of carbonyl (C=O) groups is 3. The normalized spacial score (nSPS) is 13.7. The van der Waals surface area contributed by atoms with E-state index in [2.05, 4.69) is 5.32 Å². The summed E-state index contributed by atoms with van der Waals surface area (Å²) in [6.45, 7) is 4.14. The van der Waals surface area contributed by atoms with Crippen LogP contribution in [0.4, 0.5) is 0 Å². The van der Waals surface area contributed by atoms with E-state index in [-0.39, 0.29) is 30.7 Å². The third-order valence-electron chi connectivity index (χ3n) is 1.74. The molecule has 15 heavy (non-hydrogen) atoms. The molecule has 1 aliphatic rings. The molecule has 0 radical (unpaired) electrons. The fraction of sp³-hybridized carbons (Fsp3) is 0.500. The summed E-state index contributed by atoms with van der Waals surface area (Å²) < 4.78 is 0. The highest BCUT2D eigenvalue weighted by Gasteiger charge is 2.23. The molecule has 0 aliphatic carbocycles. The zero-order valence-electron chi connectivity index (χ0n) is 9.24. The van der Waals surface area contributed by atoms with Gasteiger partial charge in [-0.15, -0.1) is 0 Å². The van der Waals surface area contributed by atoms with Gasteiger partial charge in [-0.1, -0.05) is 13.8 Å². The molecule has 0 saturated carbocycles. The van der Waals surface area contributed by atoms with Gasteiger partial charge in [0, 0.05) is 32.2 Å². The van der Waals surface area contributed by atoms with E-state index in [9.17, 15) is 14.4 Å². The molecule has 0 fully saturated rings. The first-order chi connectivity index (χ1) is 7.15. The highest BCUT2D eigenvalue weighted by molar-refractivity contribution is 6.13. The third-order valence-corrected chi connectivity index (χ3v) is 1.74. The Morgan fingerprint density at radius 1 is 1.27 bits per heavy atom. The van der Waals surface area contributed by atoms with E-state index >= 15 is 0 Å². The van der Waals surface area contributed by atoms with Gasteiger partial charge in [0.15, 0.2) is 0 Å². The second-order valence-corrected chi connectivity index (χ2v) is 2.58. The van der Waals surface area contributed by atoms with Gasteiger partial charge in [-0.25, -0.2) is 0 Å². The van der Waals surface area contributed by atoms with E-state index < -0.39 is 0 Å². The fourth-order valence-corrected chi connectivity index (χ4v) is 0.990. The maximum Gasteiger partial charge on any atom is 0.253 e. The van der Waals surface area contributed by atoms with Crippen molar-refractivity contribution in [2.45, 2.75) is 20.3 Å². The smallest absolute Gasteiger partial charge is 0.253 e. The number of hydrogen-bond donors (Lipinski definition) is 1. The lowest BCUT2D eigenvalue weighted by molar-refractivity contribution is -0.137. The van der Waals surface area contributed by atoms with E-state index in [0.29, 0.717) is 0 Å². The standard InChI is InChI=1S/C8H10N2O3.C2H6/c1-9-6(11)4-5-10-7(12)2-3-8(10)13;1-2/h2-3H,4-5H2,1H3,(H,9,11);1-2H3. The summed E-state index contributed by atoms with van der Waals surface area (Å²) >= 11 is 0. The first kappa shape index (κ1) is 13.4. The molecule has 0 aromatic carbocycles. The van der Waals surface area contributed by atoms with Crippen molar-refractivity contribution in [1.82, 2.24) is 10.2 Å². The molecule has 1 rings (SSSR count). The molecular formula is C10H16N2O3. The van der Waals surface area contributed by atoms with Crippen molar-refractivity contribution in [3.05, 3.63) is 12.2 Å². The average Bonchev–Trinajstić information content (AvgIpc) is 2.58. The molecule has 5 nitrogen and oxygen atoms in total. The van der Waals surface area contributed by atoms with E-state index in [1.54, 1.807) is 0 Å². The molecule has 0 saturated heterocycles. The molecule has 84 valence electrons. The molecule has 0 bridgehead atoms. The van der Waals surface area contributed by atoms with Crippen LogP contribution >= 0.6 is 0 Å². The van der Waals surface area contributed by atoms with E-state index in [1.165, 1.54) is 19.2 Å². The summed E-state index contributed by atoms with van der Waals surface area (Å²) in [4.78, 5) is 33.8. The van der Waals surface area contributed by atoms with Crippen molar-refractivity contribution in [3.8, 4) is 0 Å². The maximum atomic E-state index is 11.0. The summed E-state index contributed by atoms with van der Waals surface area (Å²) in [5.41, 5.74) is 0. The summed E-state index contributed by atoms with van der Waals surface area (Å²) in [7, 11) is 1.51. The zero-order valence-corrected chi connectivity index (χ0v) is 9.24. The minimum atomic E-state index is -0.353. The van der Waals surface area contributed by atoms with Crippen LogP contribution in [0.1, 0.15) is 20.3 Å². The van der Waals surface area contributed by atoms with Gasteiger partial charge in [0.2, 0.25) is 5.91 Å². The van der Waals surface area contributed by atoms with Gasteiger partial charge >= 0.3 is 0 Å². The SMILES string of the molecule is CC.CNC(=O)CCN1C(=O)C=CC1=O. The van der Waals surface area contributed by atoms with Gasteiger partial charge < -0.3 is 5.32 Å². The van der Waals surface area contributed by atoms with Crippen LogP contribution in [-0.2, 0) is 14.4 Å². The number of hydrogen-bond acceptors (Lipinski definition) is 3. The van der Waals surface area contributed by atoms with E-state index in [0.717, 1.165) is 4.90 Å². The van der Waals surface area contributed by atoms with Crippen molar-refractivity contribution < 1.29 is 14.4 Å². The predicted octanol–water partition coefficient (Wildman–Crippen LogP) is 0.0737. The van der Waals surface area contributed by atoms with Crippen LogP contribution in [0.15, 0.2) is 12.2 Å². The number of carbonyl (C=O) groups excluding carboxylic acids is 3. The van der Waals surface area contributed by atoms with Crippen molar-refractivity contribution in [3.63, 3.8) is 0 Å². The zero-order chi connectivity index (χ0) is 11.8. The second-order valence-electron chi connectivity index (χ2n) is 2.58. The van der Waals surface area contributed by atoms with Crippen LogP contribution in [0, 0.1) is 0 Å². The van der Waals surface area contributed by atoms with Gasteiger partial charge in [0.25, 0.3) is 11.8 Å². The quantitative estimate of drug-likeness (QED) is 0.673. The van der Waals surface area contributed by atoms with Crippen molar-refractivity contribution in [2.75, 3.05) is 13.6 Å². The summed E-state index contributed by atoms with van der Waals surface area (Å²) in [5, 5.41) is 2.41. The Morgan fingerprint density at radius 2 is 1.73 bits per heavy atom. The van der Waals surface area contributed by atoms with Crippen molar-refractivity contribution in [2.24, 2.45) is 0 Å². The molecule has 0 aromatic heterocycles. The number of rotatable bonds is 3. The van der Waals surface area contributed by atoms with Gasteiger partial charge in [-0.05, 0) is 0 Å². The van der Waals surface area contributed by atoms with Crippen LogP contribution in [-0.4, -0.2) is 36.2 Å². The minimum absolute atomic E-state index is 0.143. The molecule has 0 spiro atoms. The van der Waals surface area contributed by atoms with Crippen LogP contribution in [0.25, 0.3) is 0 Å². The van der Waals surface area contributed by atoms with E-state index in [4.69, 9.17) is 0 Å². The van der Waals surface area contributed by atoms with Crippen LogP contribution < -0.4 is 5.32 Å². The molecule has 3 amide bonds. The Kier molecular flexibility index (Phi) is 6.01. The Hall–Kier alpha value is -1.65. The van der Waals surface area contributed by atoms with Crippen molar-refractivity contribution >= 4 is 17.7 Å². The molecular weight excluding hydrogens is 196 g/mol. The van der Waals surface area contributed by atoms with Gasteiger partial charge in [0.05, 0.1) is 0 Å². The lowest BCUT2D eigenvalue weighted by Crippen LogP contribution is -2.33. The second kappa shape index (κ2) is 6.75. The fourth-order valence-electron chi connectivity index (χ4n) is 0.990. The lowest BCUT2D eigenvalue weighted by Gasteiger charge is -2.12. The third kappa shape index (κ3) is 3.93. The largest absolute Gasteiger partial charge is 0.359 e. The van der Waals surface area contributed by atoms with Gasteiger partial charge in [-0.2, -0.15) is 0 Å². The minimum Gasteiger partial charge on any atom is -0.359 e. The summed E-state index contributed by atoms with van der Waals surface area (Å²) in [6.07, 6.45) is 2.55. The Balaban J connectivity index is 0.000000921. The highest BCUT2D eigenvalue weighted by atomic mass is 16.2. The maximum absolute atomic E-state index is 11.0. The molecule has 1 aliphatic heterocycles. The van der Waals surface area contributed by atoms with E-state index in [1.807, 2.05) is 13.8 Å². The van der Waals surface area contributed by atoms with Gasteiger partial charge in [0.1, 0.15) is 0 Å². The van der Waals surface area contributed by atoms with Crippen LogP contribution in [0.2, 0.25) is 0 Å². The lowest BCUT2D eigenvalue weighted by atomic mass is 10.3. The molecule has 5 heteroatoms. The topological polar surface area (TPSA) is 66.5 Å². The van der Waals surface area contributed by atoms with Crippen molar-refractivity contribution in [1.29, 1.82) is 0 Å². The number of nitrogens with one attached hydrogen (secondary N) is 1. The summed E-state index contributed by atoms with van der Waals surface area (Å²) in [6, 6.07) is 0. The average molecular weight is 212 g/mol. The molecule has 1 heterocycles. The number of nitrogens with zero attached hydrogens (tertiary/aromatic N) is 1. The number of amides is 3. The Labute approximate surface area is 89.1 Å². The highest BCUT2D eigenvalue weighted by Crippen LogP contribution is 2.03. The summed E-state index contributed by atoms with van der Waals surface area (Å²) in [5.74, 6) is -0.893. The first-order valence-electron chi connectivity index (χ1n) is 4.89. The monoisotopic (exact) mass is 212 g/mol. The molecule has 1 N–H and O–H groups in total. The number of imide groups is 1. The first-order valence-corrected chi connectivity index (χ1v) is 4.89. The molecule has 0 aromatic rings. The Bertz CT molecular complexity index is 266. The van der Waals surface area contributed by atoms with Gasteiger partial charge in [-0.3, -0.25) is 19.3 Å². The van der Waals surface area contributed by atoms with Crippen LogP contribution in [0.3, 0.4) is 0 Å². The Morgan fingerprint density at radius 3 is 2.13 bits per heavy atom. The molecule has 0 unspecified atom stereocenters. The van der Waals surface area contributed by atoms with Crippen LogP contribution in [0.5, 0.6) is 0 Å². The predicted molar refractivity (Wildman–Crippen MR) is 55.9 cm³/mol.